The Hall–Kier alpha value is -0.620. The number of primary amides is 1. The highest BCUT2D eigenvalue weighted by Crippen LogP contribution is 2.28. The Bertz CT molecular complexity index is 258. The minimum Gasteiger partial charge on any atom is -0.351 e. The van der Waals surface area contributed by atoms with E-state index in [1.165, 1.54) is 23.5 Å². The highest BCUT2D eigenvalue weighted by molar-refractivity contribution is 8.21. The maximum atomic E-state index is 11.4. The number of amides is 3. The van der Waals surface area contributed by atoms with E-state index in [9.17, 15) is 9.59 Å². The van der Waals surface area contributed by atoms with Crippen molar-refractivity contribution in [3.63, 3.8) is 0 Å². The first-order valence-corrected chi connectivity index (χ1v) is 6.43. The fourth-order valence-electron chi connectivity index (χ4n) is 0.915. The van der Waals surface area contributed by atoms with Crippen LogP contribution in [0.4, 0.5) is 4.79 Å². The van der Waals surface area contributed by atoms with Crippen molar-refractivity contribution < 1.29 is 9.59 Å². The molecule has 0 rings (SSSR count). The van der Waals surface area contributed by atoms with Gasteiger partial charge in [0.15, 0.2) is 0 Å². The van der Waals surface area contributed by atoms with Crippen LogP contribution in [0.3, 0.4) is 0 Å². The van der Waals surface area contributed by atoms with Crippen molar-refractivity contribution >= 4 is 35.5 Å². The van der Waals surface area contributed by atoms with E-state index in [2.05, 4.69) is 5.32 Å². The van der Waals surface area contributed by atoms with Crippen LogP contribution in [0.2, 0.25) is 0 Å². The molecular formula is C8H14N2O2S2. The number of nitrogens with two attached hydrogens (primary N) is 1. The van der Waals surface area contributed by atoms with E-state index < -0.39 is 11.9 Å². The first kappa shape index (κ1) is 13.4. The zero-order valence-corrected chi connectivity index (χ0v) is 10.1. The summed E-state index contributed by atoms with van der Waals surface area (Å²) in [6.07, 6.45) is 4.36. The van der Waals surface area contributed by atoms with Crippen molar-refractivity contribution in [2.24, 2.45) is 5.73 Å². The summed E-state index contributed by atoms with van der Waals surface area (Å²) in [5.41, 5.74) is 5.46. The molecule has 0 bridgehead atoms. The molecule has 80 valence electrons. The molecule has 3 N–H and O–H groups in total. The molecule has 0 heterocycles. The smallest absolute Gasteiger partial charge is 0.319 e. The quantitative estimate of drug-likeness (QED) is 0.724. The molecule has 0 aliphatic carbocycles. The number of imide groups is 1. The summed E-state index contributed by atoms with van der Waals surface area (Å²) in [5, 5.41) is 2.06. The highest BCUT2D eigenvalue weighted by atomic mass is 32.2. The van der Waals surface area contributed by atoms with Gasteiger partial charge >= 0.3 is 6.03 Å². The molecule has 0 saturated carbocycles. The van der Waals surface area contributed by atoms with Gasteiger partial charge in [-0.05, 0) is 18.9 Å². The van der Waals surface area contributed by atoms with Gasteiger partial charge in [0.05, 0.1) is 0 Å². The van der Waals surface area contributed by atoms with Crippen LogP contribution >= 0.6 is 23.5 Å². The fraction of sp³-hybridized carbons (Fsp3) is 0.500. The van der Waals surface area contributed by atoms with Crippen LogP contribution < -0.4 is 11.1 Å². The Morgan fingerprint density at radius 2 is 1.79 bits per heavy atom. The van der Waals surface area contributed by atoms with Crippen LogP contribution in [0, 0.1) is 0 Å². The van der Waals surface area contributed by atoms with Gasteiger partial charge in [-0.2, -0.15) is 0 Å². The molecule has 0 unspecified atom stereocenters. The second-order valence-corrected chi connectivity index (χ2v) is 4.24. The molecule has 0 aliphatic rings. The van der Waals surface area contributed by atoms with E-state index in [1.807, 2.05) is 19.4 Å². The van der Waals surface area contributed by atoms with Crippen molar-refractivity contribution in [3.05, 3.63) is 9.81 Å². The van der Waals surface area contributed by atoms with Gasteiger partial charge in [0.1, 0.15) is 0 Å². The first-order valence-electron chi connectivity index (χ1n) is 3.98. The maximum absolute atomic E-state index is 11.4. The van der Waals surface area contributed by atoms with E-state index in [-0.39, 0.29) is 0 Å². The minimum atomic E-state index is -0.817. The van der Waals surface area contributed by atoms with E-state index in [4.69, 9.17) is 5.73 Å². The van der Waals surface area contributed by atoms with Crippen LogP contribution in [0.1, 0.15) is 13.3 Å². The second kappa shape index (κ2) is 6.78. The topological polar surface area (TPSA) is 72.2 Å². The van der Waals surface area contributed by atoms with E-state index >= 15 is 0 Å². The third-order valence-electron chi connectivity index (χ3n) is 1.48. The number of rotatable bonds is 4. The molecular weight excluding hydrogens is 220 g/mol. The van der Waals surface area contributed by atoms with Gasteiger partial charge in [0, 0.05) is 9.81 Å². The molecule has 0 aliphatic heterocycles. The predicted molar refractivity (Wildman–Crippen MR) is 62.1 cm³/mol. The van der Waals surface area contributed by atoms with Gasteiger partial charge in [-0.3, -0.25) is 10.1 Å². The van der Waals surface area contributed by atoms with Crippen molar-refractivity contribution in [2.45, 2.75) is 13.3 Å². The monoisotopic (exact) mass is 234 g/mol. The Morgan fingerprint density at radius 3 is 2.07 bits per heavy atom. The van der Waals surface area contributed by atoms with Crippen molar-refractivity contribution in [3.8, 4) is 0 Å². The summed E-state index contributed by atoms with van der Waals surface area (Å²) in [5.74, 6) is -0.404. The van der Waals surface area contributed by atoms with Crippen molar-refractivity contribution in [1.29, 1.82) is 0 Å². The van der Waals surface area contributed by atoms with E-state index in [1.54, 1.807) is 0 Å². The number of urea groups is 1. The molecule has 0 aromatic heterocycles. The molecule has 0 saturated heterocycles. The molecule has 6 heteroatoms. The molecule has 3 amide bonds. The molecule has 0 spiro atoms. The zero-order valence-electron chi connectivity index (χ0n) is 8.42. The number of hydrogen-bond donors (Lipinski definition) is 2. The van der Waals surface area contributed by atoms with E-state index in [0.717, 1.165) is 4.24 Å². The zero-order chi connectivity index (χ0) is 11.1. The molecule has 14 heavy (non-hydrogen) atoms. The third-order valence-corrected chi connectivity index (χ3v) is 3.72. The average molecular weight is 234 g/mol. The Labute approximate surface area is 92.1 Å². The molecule has 0 radical (unpaired) electrons. The first-order chi connectivity index (χ1) is 6.56. The number of carbonyl (C=O) groups excluding carboxylic acids is 2. The standard InChI is InChI=1S/C8H14N2O2S2/c1-4-5(7(13-2)14-3)6(11)10-8(9)12/h4H2,1-3H3,(H3,9,10,11,12). The van der Waals surface area contributed by atoms with Crippen LogP contribution in [0.5, 0.6) is 0 Å². The molecule has 0 atom stereocenters. The lowest BCUT2D eigenvalue weighted by atomic mass is 10.2. The number of carbonyl (C=O) groups is 2. The molecule has 0 aromatic rings. The number of hydrogen-bond acceptors (Lipinski definition) is 4. The lowest BCUT2D eigenvalue weighted by Crippen LogP contribution is -2.36. The highest BCUT2D eigenvalue weighted by Gasteiger charge is 2.13. The summed E-state index contributed by atoms with van der Waals surface area (Å²) in [6, 6.07) is -0.817. The van der Waals surface area contributed by atoms with Crippen LogP contribution in [-0.2, 0) is 4.79 Å². The van der Waals surface area contributed by atoms with Crippen molar-refractivity contribution in [2.75, 3.05) is 12.5 Å². The van der Waals surface area contributed by atoms with Gasteiger partial charge in [0.25, 0.3) is 5.91 Å². The van der Waals surface area contributed by atoms with Gasteiger partial charge in [0.2, 0.25) is 0 Å². The van der Waals surface area contributed by atoms with Gasteiger partial charge in [-0.25, -0.2) is 4.79 Å². The summed E-state index contributed by atoms with van der Waals surface area (Å²) in [4.78, 5) is 21.9. The summed E-state index contributed by atoms with van der Waals surface area (Å²) >= 11 is 2.98. The molecule has 0 fully saturated rings. The second-order valence-electron chi connectivity index (χ2n) is 2.35. The molecule has 0 aromatic carbocycles. The number of thioether (sulfide) groups is 2. The maximum Gasteiger partial charge on any atom is 0.319 e. The predicted octanol–water partition coefficient (Wildman–Crippen LogP) is 1.53. The van der Waals surface area contributed by atoms with Gasteiger partial charge in [-0.1, -0.05) is 6.92 Å². The summed E-state index contributed by atoms with van der Waals surface area (Å²) in [7, 11) is 0. The van der Waals surface area contributed by atoms with E-state index in [0.29, 0.717) is 12.0 Å². The van der Waals surface area contributed by atoms with Crippen LogP contribution in [0.15, 0.2) is 9.81 Å². The van der Waals surface area contributed by atoms with Crippen molar-refractivity contribution in [1.82, 2.24) is 5.32 Å². The largest absolute Gasteiger partial charge is 0.351 e. The SMILES string of the molecule is CCC(C(=O)NC(N)=O)=C(SC)SC. The average Bonchev–Trinajstić information content (AvgIpc) is 2.12. The fourth-order valence-corrected chi connectivity index (χ4v) is 2.55. The Kier molecular flexibility index (Phi) is 6.48. The third kappa shape index (κ3) is 4.06. The minimum absolute atomic E-state index is 0.404. The summed E-state index contributed by atoms with van der Waals surface area (Å²) < 4.78 is 0.909. The lowest BCUT2D eigenvalue weighted by Gasteiger charge is -2.08. The molecule has 4 nitrogen and oxygen atoms in total. The Morgan fingerprint density at radius 1 is 1.29 bits per heavy atom. The van der Waals surface area contributed by atoms with Crippen LogP contribution in [-0.4, -0.2) is 24.4 Å². The normalized spacial score (nSPS) is 9.36. The lowest BCUT2D eigenvalue weighted by molar-refractivity contribution is -0.116. The summed E-state index contributed by atoms with van der Waals surface area (Å²) in [6.45, 7) is 1.86. The van der Waals surface area contributed by atoms with Gasteiger partial charge < -0.3 is 5.73 Å². The Balaban J connectivity index is 4.77. The number of nitrogens with one attached hydrogen (secondary N) is 1. The van der Waals surface area contributed by atoms with Gasteiger partial charge in [-0.15, -0.1) is 23.5 Å². The van der Waals surface area contributed by atoms with Crippen LogP contribution in [0.25, 0.3) is 0 Å².